The molecule has 0 unspecified atom stereocenters. The van der Waals surface area contributed by atoms with Crippen LogP contribution < -0.4 is 10.2 Å². The van der Waals surface area contributed by atoms with Crippen LogP contribution in [0.2, 0.25) is 0 Å². The van der Waals surface area contributed by atoms with Crippen LogP contribution >= 0.6 is 0 Å². The number of likely N-dealkylation sites (N-methyl/N-ethyl adjacent to an activating group) is 1. The van der Waals surface area contributed by atoms with Crippen molar-refractivity contribution in [1.29, 1.82) is 0 Å². The van der Waals surface area contributed by atoms with E-state index in [0.29, 0.717) is 6.54 Å². The van der Waals surface area contributed by atoms with Crippen molar-refractivity contribution in [2.24, 2.45) is 0 Å². The minimum absolute atomic E-state index is 0.201. The van der Waals surface area contributed by atoms with E-state index in [-0.39, 0.29) is 6.61 Å². The number of aliphatic hydroxyl groups is 1. The van der Waals surface area contributed by atoms with Crippen LogP contribution in [0.25, 0.3) is 0 Å². The predicted molar refractivity (Wildman–Crippen MR) is 78.1 cm³/mol. The van der Waals surface area contributed by atoms with Gasteiger partial charge in [-0.2, -0.15) is 0 Å². The van der Waals surface area contributed by atoms with Crippen LogP contribution in [0, 0.1) is 6.92 Å². The number of nitrogens with one attached hydrogen (secondary N) is 1. The van der Waals surface area contributed by atoms with E-state index in [9.17, 15) is 0 Å². The Hall–Kier alpha value is -1.06. The average Bonchev–Trinajstić information content (AvgIpc) is 2.38. The summed E-state index contributed by atoms with van der Waals surface area (Å²) in [5.74, 6) is 0. The van der Waals surface area contributed by atoms with Gasteiger partial charge in [0, 0.05) is 25.3 Å². The molecule has 0 fully saturated rings. The lowest BCUT2D eigenvalue weighted by Crippen LogP contribution is -2.26. The number of benzene rings is 1. The molecule has 0 heterocycles. The second kappa shape index (κ2) is 8.11. The molecule has 18 heavy (non-hydrogen) atoms. The first kappa shape index (κ1) is 15.0. The Labute approximate surface area is 111 Å². The molecule has 1 aromatic carbocycles. The molecule has 0 aromatic heterocycles. The highest BCUT2D eigenvalue weighted by Gasteiger charge is 2.05. The molecule has 0 amide bonds. The molecule has 102 valence electrons. The number of hydrogen-bond acceptors (Lipinski definition) is 3. The largest absolute Gasteiger partial charge is 0.395 e. The van der Waals surface area contributed by atoms with Crippen molar-refractivity contribution >= 4 is 5.69 Å². The number of rotatable bonds is 8. The predicted octanol–water partition coefficient (Wildman–Crippen LogP) is 2.31. The molecule has 3 heteroatoms. The van der Waals surface area contributed by atoms with Gasteiger partial charge >= 0.3 is 0 Å². The number of aliphatic hydroxyl groups excluding tert-OH is 1. The van der Waals surface area contributed by atoms with Crippen molar-refractivity contribution in [3.05, 3.63) is 29.3 Å². The lowest BCUT2D eigenvalue weighted by Gasteiger charge is -2.23. The topological polar surface area (TPSA) is 35.5 Å². The van der Waals surface area contributed by atoms with E-state index in [1.807, 2.05) is 0 Å². The van der Waals surface area contributed by atoms with Crippen molar-refractivity contribution in [3.8, 4) is 0 Å². The highest BCUT2D eigenvalue weighted by molar-refractivity contribution is 5.50. The molecule has 0 aliphatic rings. The number of hydrogen-bond donors (Lipinski definition) is 2. The van der Waals surface area contributed by atoms with Crippen LogP contribution in [0.15, 0.2) is 18.2 Å². The van der Waals surface area contributed by atoms with Crippen LogP contribution in [0.3, 0.4) is 0 Å². The van der Waals surface area contributed by atoms with Crippen LogP contribution in [-0.4, -0.2) is 31.3 Å². The van der Waals surface area contributed by atoms with Crippen LogP contribution in [0.1, 0.15) is 31.4 Å². The van der Waals surface area contributed by atoms with Gasteiger partial charge in [0.25, 0.3) is 0 Å². The van der Waals surface area contributed by atoms with E-state index in [1.54, 1.807) is 0 Å². The molecule has 0 aliphatic carbocycles. The van der Waals surface area contributed by atoms with Gasteiger partial charge in [0.05, 0.1) is 6.61 Å². The SMILES string of the molecule is CCCNCc1ccc(N(CC)CCO)cc1C. The van der Waals surface area contributed by atoms with Crippen LogP contribution in [-0.2, 0) is 6.54 Å². The molecule has 0 aliphatic heterocycles. The Kier molecular flexibility index (Phi) is 6.76. The van der Waals surface area contributed by atoms with Crippen molar-refractivity contribution < 1.29 is 5.11 Å². The van der Waals surface area contributed by atoms with E-state index in [1.165, 1.54) is 16.8 Å². The summed E-state index contributed by atoms with van der Waals surface area (Å²) >= 11 is 0. The van der Waals surface area contributed by atoms with E-state index in [4.69, 9.17) is 5.11 Å². The molecule has 3 nitrogen and oxygen atoms in total. The first-order valence-corrected chi connectivity index (χ1v) is 6.89. The molecule has 0 atom stereocenters. The second-order valence-electron chi connectivity index (χ2n) is 4.59. The summed E-state index contributed by atoms with van der Waals surface area (Å²) < 4.78 is 0. The summed E-state index contributed by atoms with van der Waals surface area (Å²) in [6, 6.07) is 6.55. The summed E-state index contributed by atoms with van der Waals surface area (Å²) in [6.45, 7) is 10.3. The second-order valence-corrected chi connectivity index (χ2v) is 4.59. The first-order valence-electron chi connectivity index (χ1n) is 6.89. The third kappa shape index (κ3) is 4.31. The zero-order valence-electron chi connectivity index (χ0n) is 11.9. The normalized spacial score (nSPS) is 10.7. The lowest BCUT2D eigenvalue weighted by molar-refractivity contribution is 0.302. The van der Waals surface area contributed by atoms with E-state index in [0.717, 1.165) is 26.1 Å². The van der Waals surface area contributed by atoms with Gasteiger partial charge in [-0.05, 0) is 50.1 Å². The fourth-order valence-electron chi connectivity index (χ4n) is 2.07. The molecule has 2 N–H and O–H groups in total. The van der Waals surface area contributed by atoms with Gasteiger partial charge in [-0.1, -0.05) is 13.0 Å². The standard InChI is InChI=1S/C15H26N2O/c1-4-8-16-12-14-6-7-15(11-13(14)3)17(5-2)9-10-18/h6-7,11,16,18H,4-5,8-10,12H2,1-3H3. The number of nitrogens with zero attached hydrogens (tertiary/aromatic N) is 1. The zero-order valence-corrected chi connectivity index (χ0v) is 11.9. The Morgan fingerprint density at radius 1 is 1.28 bits per heavy atom. The molecule has 0 spiro atoms. The van der Waals surface area contributed by atoms with Crippen molar-refractivity contribution in [1.82, 2.24) is 5.32 Å². The Morgan fingerprint density at radius 3 is 2.61 bits per heavy atom. The maximum atomic E-state index is 9.04. The van der Waals surface area contributed by atoms with E-state index < -0.39 is 0 Å². The van der Waals surface area contributed by atoms with Gasteiger partial charge in [-0.3, -0.25) is 0 Å². The fourth-order valence-corrected chi connectivity index (χ4v) is 2.07. The third-order valence-electron chi connectivity index (χ3n) is 3.19. The fraction of sp³-hybridized carbons (Fsp3) is 0.600. The van der Waals surface area contributed by atoms with Gasteiger partial charge in [-0.15, -0.1) is 0 Å². The number of aryl methyl sites for hydroxylation is 1. The molecular weight excluding hydrogens is 224 g/mol. The summed E-state index contributed by atoms with van der Waals surface area (Å²) in [6.07, 6.45) is 1.16. The van der Waals surface area contributed by atoms with Gasteiger partial charge in [0.2, 0.25) is 0 Å². The van der Waals surface area contributed by atoms with Crippen molar-refractivity contribution in [3.63, 3.8) is 0 Å². The Morgan fingerprint density at radius 2 is 2.06 bits per heavy atom. The van der Waals surface area contributed by atoms with Gasteiger partial charge < -0.3 is 15.3 Å². The minimum atomic E-state index is 0.201. The zero-order chi connectivity index (χ0) is 13.4. The maximum Gasteiger partial charge on any atom is 0.0606 e. The minimum Gasteiger partial charge on any atom is -0.395 e. The Bertz CT molecular complexity index is 352. The summed E-state index contributed by atoms with van der Waals surface area (Å²) in [4.78, 5) is 2.19. The monoisotopic (exact) mass is 250 g/mol. The highest BCUT2D eigenvalue weighted by atomic mass is 16.3. The molecule has 0 radical (unpaired) electrons. The van der Waals surface area contributed by atoms with Gasteiger partial charge in [0.15, 0.2) is 0 Å². The molecule has 0 saturated heterocycles. The van der Waals surface area contributed by atoms with Crippen LogP contribution in [0.5, 0.6) is 0 Å². The van der Waals surface area contributed by atoms with Crippen molar-refractivity contribution in [2.45, 2.75) is 33.7 Å². The first-order chi connectivity index (χ1) is 8.72. The summed E-state index contributed by atoms with van der Waals surface area (Å²) in [5, 5.41) is 12.5. The summed E-state index contributed by atoms with van der Waals surface area (Å²) in [7, 11) is 0. The third-order valence-corrected chi connectivity index (χ3v) is 3.19. The summed E-state index contributed by atoms with van der Waals surface area (Å²) in [5.41, 5.74) is 3.86. The Balaban J connectivity index is 2.71. The number of anilines is 1. The van der Waals surface area contributed by atoms with Gasteiger partial charge in [-0.25, -0.2) is 0 Å². The van der Waals surface area contributed by atoms with Gasteiger partial charge in [0.1, 0.15) is 0 Å². The maximum absolute atomic E-state index is 9.04. The smallest absolute Gasteiger partial charge is 0.0606 e. The van der Waals surface area contributed by atoms with E-state index >= 15 is 0 Å². The molecule has 1 aromatic rings. The molecule has 0 saturated carbocycles. The quantitative estimate of drug-likeness (QED) is 0.695. The average molecular weight is 250 g/mol. The highest BCUT2D eigenvalue weighted by Crippen LogP contribution is 2.19. The van der Waals surface area contributed by atoms with Crippen molar-refractivity contribution in [2.75, 3.05) is 31.1 Å². The lowest BCUT2D eigenvalue weighted by atomic mass is 10.1. The molecule has 1 rings (SSSR count). The molecule has 0 bridgehead atoms. The van der Waals surface area contributed by atoms with E-state index in [2.05, 4.69) is 49.2 Å². The molecular formula is C15H26N2O. The van der Waals surface area contributed by atoms with Crippen LogP contribution in [0.4, 0.5) is 5.69 Å².